The van der Waals surface area contributed by atoms with Gasteiger partial charge >= 0.3 is 6.18 Å². The number of benzene rings is 1. The molecule has 1 N–H and O–H groups in total. The molecular formula is C17H16F3N3O2. The third-order valence-corrected chi connectivity index (χ3v) is 4.12. The number of hydrogen-bond donors (Lipinski definition) is 1. The predicted octanol–water partition coefficient (Wildman–Crippen LogP) is 2.63. The molecule has 3 rings (SSSR count). The molecule has 0 saturated carbocycles. The summed E-state index contributed by atoms with van der Waals surface area (Å²) < 4.78 is 38.3. The van der Waals surface area contributed by atoms with Crippen LogP contribution in [0.1, 0.15) is 26.4 Å². The molecule has 0 atom stereocenters. The number of nitrogens with zero attached hydrogens (tertiary/aromatic N) is 2. The molecule has 1 aromatic carbocycles. The zero-order valence-electron chi connectivity index (χ0n) is 13.2. The molecule has 2 amide bonds. The zero-order chi connectivity index (χ0) is 18.0. The summed E-state index contributed by atoms with van der Waals surface area (Å²) in [4.78, 5) is 30.6. The highest BCUT2D eigenvalue weighted by molar-refractivity contribution is 5.95. The van der Waals surface area contributed by atoms with Gasteiger partial charge in [-0.1, -0.05) is 6.07 Å². The van der Waals surface area contributed by atoms with Gasteiger partial charge in [-0.2, -0.15) is 13.2 Å². The van der Waals surface area contributed by atoms with E-state index in [-0.39, 0.29) is 24.6 Å². The second-order valence-corrected chi connectivity index (χ2v) is 5.75. The van der Waals surface area contributed by atoms with Crippen molar-refractivity contribution in [2.45, 2.75) is 6.18 Å². The predicted molar refractivity (Wildman–Crippen MR) is 84.0 cm³/mol. The van der Waals surface area contributed by atoms with Crippen LogP contribution >= 0.6 is 0 Å². The quantitative estimate of drug-likeness (QED) is 0.904. The number of rotatable bonds is 2. The van der Waals surface area contributed by atoms with Crippen LogP contribution in [-0.2, 0) is 6.18 Å². The maximum absolute atomic E-state index is 12.8. The Bertz CT molecular complexity index is 764. The maximum Gasteiger partial charge on any atom is 0.416 e. The van der Waals surface area contributed by atoms with Crippen molar-refractivity contribution in [2.24, 2.45) is 0 Å². The van der Waals surface area contributed by atoms with E-state index in [1.807, 2.05) is 0 Å². The number of aromatic nitrogens is 1. The first-order chi connectivity index (χ1) is 11.9. The summed E-state index contributed by atoms with van der Waals surface area (Å²) in [6, 6.07) is 7.78. The van der Waals surface area contributed by atoms with Gasteiger partial charge in [-0.3, -0.25) is 9.59 Å². The van der Waals surface area contributed by atoms with Crippen molar-refractivity contribution >= 4 is 11.8 Å². The number of piperazine rings is 1. The summed E-state index contributed by atoms with van der Waals surface area (Å²) in [6.07, 6.45) is -2.84. The van der Waals surface area contributed by atoms with Gasteiger partial charge in [0.2, 0.25) is 0 Å². The summed E-state index contributed by atoms with van der Waals surface area (Å²) >= 11 is 0. The fourth-order valence-corrected chi connectivity index (χ4v) is 2.76. The Balaban J connectivity index is 1.65. The molecule has 2 aromatic rings. The van der Waals surface area contributed by atoms with Crippen LogP contribution in [0, 0.1) is 0 Å². The lowest BCUT2D eigenvalue weighted by molar-refractivity contribution is -0.137. The lowest BCUT2D eigenvalue weighted by Gasteiger charge is -2.34. The summed E-state index contributed by atoms with van der Waals surface area (Å²) in [5.74, 6) is -0.616. The first-order valence-electron chi connectivity index (χ1n) is 7.75. The Morgan fingerprint density at radius 2 is 1.56 bits per heavy atom. The molecule has 1 fully saturated rings. The lowest BCUT2D eigenvalue weighted by atomic mass is 10.1. The van der Waals surface area contributed by atoms with E-state index in [0.29, 0.717) is 18.8 Å². The molecule has 132 valence electrons. The highest BCUT2D eigenvalue weighted by Gasteiger charge is 2.32. The first-order valence-corrected chi connectivity index (χ1v) is 7.75. The van der Waals surface area contributed by atoms with Crippen molar-refractivity contribution in [3.63, 3.8) is 0 Å². The number of hydrogen-bond acceptors (Lipinski definition) is 2. The first kappa shape index (κ1) is 17.1. The lowest BCUT2D eigenvalue weighted by Crippen LogP contribution is -2.50. The second-order valence-electron chi connectivity index (χ2n) is 5.75. The summed E-state index contributed by atoms with van der Waals surface area (Å²) in [5, 5.41) is 0. The molecule has 0 radical (unpaired) electrons. The van der Waals surface area contributed by atoms with Crippen molar-refractivity contribution in [1.29, 1.82) is 0 Å². The van der Waals surface area contributed by atoms with Crippen molar-refractivity contribution in [1.82, 2.24) is 14.8 Å². The van der Waals surface area contributed by atoms with Crippen LogP contribution in [0.3, 0.4) is 0 Å². The molecule has 0 aliphatic carbocycles. The van der Waals surface area contributed by atoms with E-state index in [1.165, 1.54) is 17.0 Å². The SMILES string of the molecule is O=C(c1cccc(C(F)(F)F)c1)N1CCN(C(=O)c2ccc[nH]2)CC1. The molecule has 1 aromatic heterocycles. The maximum atomic E-state index is 12.8. The fourth-order valence-electron chi connectivity index (χ4n) is 2.76. The molecule has 2 heterocycles. The van der Waals surface area contributed by atoms with Gasteiger partial charge in [-0.05, 0) is 30.3 Å². The van der Waals surface area contributed by atoms with Crippen molar-refractivity contribution in [3.8, 4) is 0 Å². The van der Waals surface area contributed by atoms with Gasteiger partial charge in [0.15, 0.2) is 0 Å². The van der Waals surface area contributed by atoms with Crippen LogP contribution in [0.5, 0.6) is 0 Å². The van der Waals surface area contributed by atoms with E-state index in [4.69, 9.17) is 0 Å². The molecule has 1 aliphatic heterocycles. The van der Waals surface area contributed by atoms with Gasteiger partial charge in [0, 0.05) is 37.9 Å². The number of H-pyrrole nitrogens is 1. The molecule has 1 aliphatic rings. The van der Waals surface area contributed by atoms with E-state index in [1.54, 1.807) is 23.2 Å². The number of carbonyl (C=O) groups excluding carboxylic acids is 2. The van der Waals surface area contributed by atoms with E-state index in [9.17, 15) is 22.8 Å². The highest BCUT2D eigenvalue weighted by atomic mass is 19.4. The molecule has 25 heavy (non-hydrogen) atoms. The minimum atomic E-state index is -4.49. The third-order valence-electron chi connectivity index (χ3n) is 4.12. The largest absolute Gasteiger partial charge is 0.416 e. The number of alkyl halides is 3. The fraction of sp³-hybridized carbons (Fsp3) is 0.294. The Morgan fingerprint density at radius 3 is 2.12 bits per heavy atom. The van der Waals surface area contributed by atoms with Crippen molar-refractivity contribution in [3.05, 3.63) is 59.4 Å². The van der Waals surface area contributed by atoms with Gasteiger partial charge in [-0.15, -0.1) is 0 Å². The zero-order valence-corrected chi connectivity index (χ0v) is 13.2. The van der Waals surface area contributed by atoms with Gasteiger partial charge < -0.3 is 14.8 Å². The number of aromatic amines is 1. The van der Waals surface area contributed by atoms with E-state index < -0.39 is 17.6 Å². The number of halogens is 3. The van der Waals surface area contributed by atoms with E-state index in [2.05, 4.69) is 4.98 Å². The number of amides is 2. The monoisotopic (exact) mass is 351 g/mol. The number of nitrogens with one attached hydrogen (secondary N) is 1. The Kier molecular flexibility index (Phi) is 4.52. The third kappa shape index (κ3) is 3.67. The smallest absolute Gasteiger partial charge is 0.357 e. The average Bonchev–Trinajstić information content (AvgIpc) is 3.15. The van der Waals surface area contributed by atoms with Crippen LogP contribution < -0.4 is 0 Å². The van der Waals surface area contributed by atoms with Crippen LogP contribution in [0.4, 0.5) is 13.2 Å². The van der Waals surface area contributed by atoms with Crippen LogP contribution in [0.25, 0.3) is 0 Å². The number of carbonyl (C=O) groups is 2. The minimum absolute atomic E-state index is 0.000954. The van der Waals surface area contributed by atoms with Crippen molar-refractivity contribution < 1.29 is 22.8 Å². The van der Waals surface area contributed by atoms with Gasteiger partial charge in [0.25, 0.3) is 11.8 Å². The van der Waals surface area contributed by atoms with Crippen LogP contribution in [0.2, 0.25) is 0 Å². The van der Waals surface area contributed by atoms with Crippen LogP contribution in [-0.4, -0.2) is 52.8 Å². The topological polar surface area (TPSA) is 56.4 Å². The summed E-state index contributed by atoms with van der Waals surface area (Å²) in [7, 11) is 0. The Hall–Kier alpha value is -2.77. The standard InChI is InChI=1S/C17H16F3N3O2/c18-17(19,20)13-4-1-3-12(11-13)15(24)22-7-9-23(10-8-22)16(25)14-5-2-6-21-14/h1-6,11,21H,7-10H2. The molecule has 8 heteroatoms. The molecule has 0 spiro atoms. The Morgan fingerprint density at radius 1 is 0.920 bits per heavy atom. The minimum Gasteiger partial charge on any atom is -0.357 e. The average molecular weight is 351 g/mol. The Labute approximate surface area is 142 Å². The molecule has 0 bridgehead atoms. The highest BCUT2D eigenvalue weighted by Crippen LogP contribution is 2.29. The van der Waals surface area contributed by atoms with Crippen molar-refractivity contribution in [2.75, 3.05) is 26.2 Å². The van der Waals surface area contributed by atoms with Crippen LogP contribution in [0.15, 0.2) is 42.6 Å². The van der Waals surface area contributed by atoms with Gasteiger partial charge in [0.1, 0.15) is 5.69 Å². The normalized spacial score (nSPS) is 15.3. The second kappa shape index (κ2) is 6.62. The molecule has 0 unspecified atom stereocenters. The van der Waals surface area contributed by atoms with E-state index >= 15 is 0 Å². The summed E-state index contributed by atoms with van der Waals surface area (Å²) in [6.45, 7) is 1.23. The van der Waals surface area contributed by atoms with E-state index in [0.717, 1.165) is 12.1 Å². The molecule has 5 nitrogen and oxygen atoms in total. The molecule has 1 saturated heterocycles. The summed E-state index contributed by atoms with van der Waals surface area (Å²) in [5.41, 5.74) is -0.379. The molecular weight excluding hydrogens is 335 g/mol. The van der Waals surface area contributed by atoms with Gasteiger partial charge in [-0.25, -0.2) is 0 Å². The van der Waals surface area contributed by atoms with Gasteiger partial charge in [0.05, 0.1) is 5.56 Å².